The highest BCUT2D eigenvalue weighted by Gasteiger charge is 2.44. The van der Waals surface area contributed by atoms with Gasteiger partial charge in [-0.1, -0.05) is 73.5 Å². The Morgan fingerprint density at radius 1 is 0.840 bits per heavy atom. The predicted octanol–water partition coefficient (Wildman–Crippen LogP) is -0.878. The van der Waals surface area contributed by atoms with Gasteiger partial charge >= 0.3 is 5.97 Å². The van der Waals surface area contributed by atoms with E-state index in [-0.39, 0.29) is 57.2 Å². The lowest BCUT2D eigenvalue weighted by Crippen LogP contribution is -2.59. The molecular weight excluding hydrogens is 642 g/mol. The van der Waals surface area contributed by atoms with Crippen molar-refractivity contribution in [2.45, 2.75) is 81.1 Å². The van der Waals surface area contributed by atoms with Gasteiger partial charge in [-0.3, -0.25) is 29.0 Å². The number of nitrogens with one attached hydrogen (secondary N) is 3. The molecule has 2 aromatic carbocycles. The second-order valence-corrected chi connectivity index (χ2v) is 13.3. The average Bonchev–Trinajstić information content (AvgIpc) is 3.82. The molecule has 1 aliphatic carbocycles. The molecule has 12 N–H and O–H groups in total. The van der Waals surface area contributed by atoms with Gasteiger partial charge in [0.2, 0.25) is 23.6 Å². The molecule has 2 aromatic rings. The smallest absolute Gasteiger partial charge is 0.325 e. The molecule has 0 aromatic heterocycles. The van der Waals surface area contributed by atoms with E-state index in [2.05, 4.69) is 20.9 Å². The SMILES string of the molecule is NC(N)=NCCC[C@@H](NC(=O)[C@@H](CC1CC1)NC(=O)[C@@H](Cc1ccccc1)NC(=O)[C@H](N)Cc1ccccc1)C(=O)N1CCC(N)(C(=O)O)C1. The third-order valence-corrected chi connectivity index (χ3v) is 9.05. The number of nitrogens with two attached hydrogens (primary N) is 4. The molecule has 5 atom stereocenters. The summed E-state index contributed by atoms with van der Waals surface area (Å²) < 4.78 is 0. The van der Waals surface area contributed by atoms with E-state index in [1.165, 1.54) is 4.90 Å². The minimum atomic E-state index is -1.59. The van der Waals surface area contributed by atoms with Crippen LogP contribution in [0.25, 0.3) is 0 Å². The summed E-state index contributed by atoms with van der Waals surface area (Å²) in [4.78, 5) is 71.7. The predicted molar refractivity (Wildman–Crippen MR) is 187 cm³/mol. The van der Waals surface area contributed by atoms with Gasteiger partial charge in [-0.05, 0) is 49.1 Å². The molecule has 2 aliphatic rings. The molecule has 1 unspecified atom stereocenters. The molecule has 1 heterocycles. The standard InChI is InChI=1S/C35H49N9O6/c36-25(18-22-8-3-1-4-9-22)29(45)42-27(19-23-10-5-2-6-11-23)31(47)43-28(20-24-13-14-24)30(46)41-26(12-7-16-40-34(37)38)32(48)44-17-15-35(39,21-44)33(49)50/h1-6,8-11,24-28H,7,12-21,36,39H2,(H,41,46)(H,42,45)(H,43,47)(H,49,50)(H4,37,38,40)/t25-,26-,27-,28-,35?/m1/s1. The summed E-state index contributed by atoms with van der Waals surface area (Å²) in [5.74, 6) is -3.28. The van der Waals surface area contributed by atoms with Gasteiger partial charge in [0.1, 0.15) is 23.7 Å². The normalized spacial score (nSPS) is 19.4. The van der Waals surface area contributed by atoms with Crippen LogP contribution in [0.3, 0.4) is 0 Å². The molecular formula is C35H49N9O6. The van der Waals surface area contributed by atoms with Crippen LogP contribution in [0.5, 0.6) is 0 Å². The third-order valence-electron chi connectivity index (χ3n) is 9.05. The van der Waals surface area contributed by atoms with Gasteiger partial charge in [0, 0.05) is 26.1 Å². The summed E-state index contributed by atoms with van der Waals surface area (Å²) in [6, 6.07) is 14.4. The number of carboxylic acids is 1. The molecule has 2 fully saturated rings. The van der Waals surface area contributed by atoms with Crippen LogP contribution in [0.4, 0.5) is 0 Å². The number of carbonyl (C=O) groups excluding carboxylic acids is 4. The quantitative estimate of drug-likeness (QED) is 0.0544. The van der Waals surface area contributed by atoms with Gasteiger partial charge in [0.15, 0.2) is 5.96 Å². The van der Waals surface area contributed by atoms with Crippen molar-refractivity contribution in [3.8, 4) is 0 Å². The highest BCUT2D eigenvalue weighted by Crippen LogP contribution is 2.33. The molecule has 0 spiro atoms. The Balaban J connectivity index is 1.49. The number of aliphatic imine (C=N–C) groups is 1. The van der Waals surface area contributed by atoms with Crippen LogP contribution in [0, 0.1) is 5.92 Å². The Hall–Kier alpha value is -5.02. The van der Waals surface area contributed by atoms with E-state index in [1.807, 2.05) is 60.7 Å². The van der Waals surface area contributed by atoms with Gasteiger partial charge in [-0.25, -0.2) is 0 Å². The van der Waals surface area contributed by atoms with Crippen molar-refractivity contribution in [1.82, 2.24) is 20.9 Å². The molecule has 1 saturated carbocycles. The van der Waals surface area contributed by atoms with Crippen molar-refractivity contribution in [3.63, 3.8) is 0 Å². The van der Waals surface area contributed by atoms with E-state index < -0.39 is 59.3 Å². The lowest BCUT2D eigenvalue weighted by molar-refractivity contribution is -0.143. The molecule has 50 heavy (non-hydrogen) atoms. The molecule has 15 heteroatoms. The average molecular weight is 692 g/mol. The van der Waals surface area contributed by atoms with E-state index >= 15 is 0 Å². The number of benzene rings is 2. The van der Waals surface area contributed by atoms with Crippen LogP contribution in [0.2, 0.25) is 0 Å². The minimum absolute atomic E-state index is 0.0621. The largest absolute Gasteiger partial charge is 0.480 e. The zero-order valence-electron chi connectivity index (χ0n) is 28.1. The van der Waals surface area contributed by atoms with Gasteiger partial charge in [0.05, 0.1) is 6.04 Å². The van der Waals surface area contributed by atoms with Gasteiger partial charge in [-0.2, -0.15) is 0 Å². The molecule has 270 valence electrons. The maximum atomic E-state index is 13.9. The van der Waals surface area contributed by atoms with Crippen molar-refractivity contribution in [1.29, 1.82) is 0 Å². The summed E-state index contributed by atoms with van der Waals surface area (Å²) in [6.07, 6.45) is 3.09. The van der Waals surface area contributed by atoms with Crippen LogP contribution in [0.1, 0.15) is 49.7 Å². The number of amides is 4. The van der Waals surface area contributed by atoms with Crippen molar-refractivity contribution in [2.75, 3.05) is 19.6 Å². The first-order valence-corrected chi connectivity index (χ1v) is 17.0. The van der Waals surface area contributed by atoms with Crippen LogP contribution in [-0.4, -0.2) is 94.9 Å². The number of aliphatic carboxylic acids is 1. The fourth-order valence-electron chi connectivity index (χ4n) is 5.94. The Morgan fingerprint density at radius 3 is 1.96 bits per heavy atom. The van der Waals surface area contributed by atoms with E-state index in [4.69, 9.17) is 22.9 Å². The number of rotatable bonds is 18. The van der Waals surface area contributed by atoms with E-state index in [1.54, 1.807) is 0 Å². The van der Waals surface area contributed by atoms with Crippen LogP contribution < -0.4 is 38.9 Å². The maximum Gasteiger partial charge on any atom is 0.325 e. The number of guanidine groups is 1. The Kier molecular flexibility index (Phi) is 13.3. The lowest BCUT2D eigenvalue weighted by atomic mass is 10.0. The van der Waals surface area contributed by atoms with E-state index in [9.17, 15) is 29.1 Å². The van der Waals surface area contributed by atoms with Crippen LogP contribution >= 0.6 is 0 Å². The minimum Gasteiger partial charge on any atom is -0.480 e. The fourth-order valence-corrected chi connectivity index (χ4v) is 5.94. The number of carboxylic acid groups (broad SMARTS) is 1. The second kappa shape index (κ2) is 17.6. The first kappa shape index (κ1) is 37.8. The van der Waals surface area contributed by atoms with E-state index in [0.29, 0.717) is 12.8 Å². The summed E-state index contributed by atoms with van der Waals surface area (Å²) in [5, 5.41) is 18.0. The second-order valence-electron chi connectivity index (χ2n) is 13.3. The monoisotopic (exact) mass is 691 g/mol. The molecule has 0 bridgehead atoms. The number of likely N-dealkylation sites (tertiary alicyclic amines) is 1. The molecule has 1 aliphatic heterocycles. The van der Waals surface area contributed by atoms with Gasteiger partial charge < -0.3 is 48.9 Å². The van der Waals surface area contributed by atoms with Crippen molar-refractivity contribution < 1.29 is 29.1 Å². The number of hydrogen-bond acceptors (Lipinski definition) is 8. The molecule has 4 amide bonds. The third kappa shape index (κ3) is 11.3. The van der Waals surface area contributed by atoms with Gasteiger partial charge in [-0.15, -0.1) is 0 Å². The highest BCUT2D eigenvalue weighted by molar-refractivity contribution is 5.95. The first-order valence-electron chi connectivity index (χ1n) is 17.0. The Labute approximate surface area is 291 Å². The maximum absolute atomic E-state index is 13.9. The number of hydrogen-bond donors (Lipinski definition) is 8. The zero-order chi connectivity index (χ0) is 36.3. The van der Waals surface area contributed by atoms with Crippen molar-refractivity contribution in [3.05, 3.63) is 71.8 Å². The Bertz CT molecular complexity index is 1520. The van der Waals surface area contributed by atoms with Crippen molar-refractivity contribution in [2.24, 2.45) is 33.8 Å². The van der Waals surface area contributed by atoms with Crippen LogP contribution in [0.15, 0.2) is 65.7 Å². The Morgan fingerprint density at radius 2 is 1.40 bits per heavy atom. The van der Waals surface area contributed by atoms with E-state index in [0.717, 1.165) is 24.0 Å². The van der Waals surface area contributed by atoms with Crippen molar-refractivity contribution >= 4 is 35.6 Å². The molecule has 4 rings (SSSR count). The highest BCUT2D eigenvalue weighted by atomic mass is 16.4. The molecule has 0 radical (unpaired) electrons. The van der Waals surface area contributed by atoms with Gasteiger partial charge in [0.25, 0.3) is 0 Å². The summed E-state index contributed by atoms with van der Waals surface area (Å²) in [5.41, 5.74) is 23.2. The first-order chi connectivity index (χ1) is 23.8. The summed E-state index contributed by atoms with van der Waals surface area (Å²) >= 11 is 0. The lowest BCUT2D eigenvalue weighted by Gasteiger charge is -2.28. The number of carbonyl (C=O) groups is 5. The molecule has 15 nitrogen and oxygen atoms in total. The molecule has 1 saturated heterocycles. The number of nitrogens with zero attached hydrogens (tertiary/aromatic N) is 2. The summed E-state index contributed by atoms with van der Waals surface area (Å²) in [7, 11) is 0. The fraction of sp³-hybridized carbons (Fsp3) is 0.486. The summed E-state index contributed by atoms with van der Waals surface area (Å²) in [6.45, 7) is 0.0990. The zero-order valence-corrected chi connectivity index (χ0v) is 28.1. The topological polar surface area (TPSA) is 261 Å². The van der Waals surface area contributed by atoms with Crippen LogP contribution in [-0.2, 0) is 36.8 Å².